The summed E-state index contributed by atoms with van der Waals surface area (Å²) in [5.41, 5.74) is 1.91. The highest BCUT2D eigenvalue weighted by Gasteiger charge is 2.48. The predicted molar refractivity (Wildman–Crippen MR) is 105 cm³/mol. The number of nitrogens with one attached hydrogen (secondary N) is 1. The number of nitrogens with zero attached hydrogens (tertiary/aromatic N) is 1. The number of imide groups is 1. The van der Waals surface area contributed by atoms with Crippen LogP contribution >= 0.6 is 23.5 Å². The maximum absolute atomic E-state index is 12.5. The summed E-state index contributed by atoms with van der Waals surface area (Å²) in [7, 11) is 0. The summed E-state index contributed by atoms with van der Waals surface area (Å²) < 4.78 is 0.414. The van der Waals surface area contributed by atoms with Gasteiger partial charge in [0.25, 0.3) is 0 Å². The minimum atomic E-state index is -0.311. The van der Waals surface area contributed by atoms with Gasteiger partial charge in [-0.05, 0) is 30.5 Å². The Bertz CT molecular complexity index is 709. The molecular formula is C19H22N2O3S2. The van der Waals surface area contributed by atoms with E-state index >= 15 is 0 Å². The fraction of sp³-hybridized carbons (Fsp3) is 0.526. The normalized spacial score (nSPS) is 26.2. The Labute approximate surface area is 161 Å². The second kappa shape index (κ2) is 7.64. The van der Waals surface area contributed by atoms with Crippen LogP contribution in [0.2, 0.25) is 0 Å². The highest BCUT2D eigenvalue weighted by Crippen LogP contribution is 2.45. The Balaban J connectivity index is 1.40. The quantitative estimate of drug-likeness (QED) is 0.799. The third-order valence-corrected chi connectivity index (χ3v) is 8.40. The molecule has 5 nitrogen and oxygen atoms in total. The van der Waals surface area contributed by atoms with Gasteiger partial charge in [0.2, 0.25) is 17.7 Å². The molecule has 3 fully saturated rings. The van der Waals surface area contributed by atoms with Crippen molar-refractivity contribution in [3.8, 4) is 0 Å². The van der Waals surface area contributed by atoms with E-state index in [2.05, 4.69) is 11.4 Å². The summed E-state index contributed by atoms with van der Waals surface area (Å²) in [6, 6.07) is 7.84. The van der Waals surface area contributed by atoms with Gasteiger partial charge in [-0.15, -0.1) is 23.5 Å². The van der Waals surface area contributed by atoms with Gasteiger partial charge in [-0.25, -0.2) is 0 Å². The highest BCUT2D eigenvalue weighted by molar-refractivity contribution is 8.19. The third-order valence-electron chi connectivity index (χ3n) is 5.30. The van der Waals surface area contributed by atoms with Crippen LogP contribution in [0.15, 0.2) is 24.3 Å². The van der Waals surface area contributed by atoms with Gasteiger partial charge in [0.05, 0.1) is 16.4 Å². The molecule has 0 radical (unpaired) electrons. The van der Waals surface area contributed by atoms with E-state index in [0.29, 0.717) is 4.58 Å². The Hall–Kier alpha value is -1.47. The number of thioether (sulfide) groups is 2. The van der Waals surface area contributed by atoms with Crippen LogP contribution in [0.1, 0.15) is 35.8 Å². The Morgan fingerprint density at radius 2 is 1.73 bits per heavy atom. The molecule has 2 saturated heterocycles. The van der Waals surface area contributed by atoms with E-state index in [1.807, 2.05) is 41.7 Å². The van der Waals surface area contributed by atoms with Crippen LogP contribution in [-0.2, 0) is 14.4 Å². The lowest BCUT2D eigenvalue weighted by Gasteiger charge is -2.19. The number of hydrogen-bond donors (Lipinski definition) is 1. The van der Waals surface area contributed by atoms with Crippen molar-refractivity contribution in [1.29, 1.82) is 0 Å². The molecule has 1 aromatic carbocycles. The van der Waals surface area contributed by atoms with Gasteiger partial charge in [-0.1, -0.05) is 25.0 Å². The Morgan fingerprint density at radius 3 is 2.38 bits per heavy atom. The summed E-state index contributed by atoms with van der Waals surface area (Å²) in [5, 5.41) is 2.85. The number of carbonyl (C=O) groups excluding carboxylic acids is 3. The average Bonchev–Trinajstić information content (AvgIpc) is 3.26. The van der Waals surface area contributed by atoms with Crippen molar-refractivity contribution in [1.82, 2.24) is 4.90 Å². The molecule has 0 spiro atoms. The zero-order valence-electron chi connectivity index (χ0n) is 14.5. The Kier molecular flexibility index (Phi) is 5.27. The first-order valence-corrected chi connectivity index (χ1v) is 11.2. The predicted octanol–water partition coefficient (Wildman–Crippen LogP) is 3.28. The summed E-state index contributed by atoms with van der Waals surface area (Å²) in [6.45, 7) is -0.179. The molecule has 0 bridgehead atoms. The van der Waals surface area contributed by atoms with E-state index in [1.54, 1.807) is 0 Å². The number of anilines is 1. The van der Waals surface area contributed by atoms with Crippen molar-refractivity contribution in [3.63, 3.8) is 0 Å². The van der Waals surface area contributed by atoms with Gasteiger partial charge < -0.3 is 5.32 Å². The highest BCUT2D eigenvalue weighted by atomic mass is 32.2. The van der Waals surface area contributed by atoms with E-state index in [-0.39, 0.29) is 36.1 Å². The molecule has 0 aromatic heterocycles. The fourth-order valence-corrected chi connectivity index (χ4v) is 6.88. The van der Waals surface area contributed by atoms with Crippen molar-refractivity contribution in [3.05, 3.63) is 29.8 Å². The van der Waals surface area contributed by atoms with Crippen LogP contribution in [0.4, 0.5) is 5.69 Å². The maximum Gasteiger partial charge on any atom is 0.244 e. The van der Waals surface area contributed by atoms with Crippen molar-refractivity contribution in [2.45, 2.75) is 30.3 Å². The topological polar surface area (TPSA) is 66.5 Å². The number of benzene rings is 1. The second-order valence-electron chi connectivity index (χ2n) is 7.01. The molecule has 2 aliphatic heterocycles. The molecule has 138 valence electrons. The first-order chi connectivity index (χ1) is 12.6. The molecule has 3 amide bonds. The summed E-state index contributed by atoms with van der Waals surface area (Å²) >= 11 is 3.83. The van der Waals surface area contributed by atoms with Crippen LogP contribution < -0.4 is 5.32 Å². The van der Waals surface area contributed by atoms with E-state index in [0.717, 1.165) is 42.9 Å². The molecule has 2 heterocycles. The van der Waals surface area contributed by atoms with Crippen molar-refractivity contribution >= 4 is 46.9 Å². The molecule has 3 aliphatic rings. The van der Waals surface area contributed by atoms with E-state index < -0.39 is 0 Å². The van der Waals surface area contributed by atoms with Gasteiger partial charge >= 0.3 is 0 Å². The van der Waals surface area contributed by atoms with Gasteiger partial charge in [0.15, 0.2) is 0 Å². The van der Waals surface area contributed by atoms with Crippen LogP contribution in [-0.4, -0.2) is 40.7 Å². The Morgan fingerprint density at radius 1 is 1.08 bits per heavy atom. The zero-order chi connectivity index (χ0) is 18.1. The number of hydrogen-bond acceptors (Lipinski definition) is 5. The van der Waals surface area contributed by atoms with Gasteiger partial charge in [-0.2, -0.15) is 0 Å². The SMILES string of the molecule is O=C(CN1C(=O)C2CCCCC2C1=O)Nc1cccc(C2SCCS2)c1. The lowest BCUT2D eigenvalue weighted by molar-refractivity contribution is -0.142. The molecule has 1 aliphatic carbocycles. The summed E-state index contributed by atoms with van der Waals surface area (Å²) in [5.74, 6) is 1.24. The number of rotatable bonds is 4. The van der Waals surface area contributed by atoms with Crippen molar-refractivity contribution in [2.75, 3.05) is 23.4 Å². The van der Waals surface area contributed by atoms with Gasteiger partial charge in [0.1, 0.15) is 6.54 Å². The minimum absolute atomic E-state index is 0.164. The molecule has 1 N–H and O–H groups in total. The molecule has 2 unspecified atom stereocenters. The van der Waals surface area contributed by atoms with E-state index in [4.69, 9.17) is 0 Å². The monoisotopic (exact) mass is 390 g/mol. The van der Waals surface area contributed by atoms with Crippen LogP contribution in [0.5, 0.6) is 0 Å². The van der Waals surface area contributed by atoms with E-state index in [1.165, 1.54) is 10.5 Å². The largest absolute Gasteiger partial charge is 0.325 e. The standard InChI is InChI=1S/C19H22N2O3S2/c22-16(11-21-17(23)14-6-1-2-7-15(14)18(21)24)20-13-5-3-4-12(10-13)19-25-8-9-26-19/h3-5,10,14-15,19H,1-2,6-9,11H2,(H,20,22). The second-order valence-corrected chi connectivity index (χ2v) is 9.73. The third kappa shape index (κ3) is 3.51. The first kappa shape index (κ1) is 17.9. The van der Waals surface area contributed by atoms with Gasteiger partial charge in [0, 0.05) is 17.2 Å². The number of amides is 3. The first-order valence-electron chi connectivity index (χ1n) is 9.12. The minimum Gasteiger partial charge on any atom is -0.325 e. The number of fused-ring (bicyclic) bond motifs is 1. The smallest absolute Gasteiger partial charge is 0.244 e. The van der Waals surface area contributed by atoms with Gasteiger partial charge in [-0.3, -0.25) is 19.3 Å². The lowest BCUT2D eigenvalue weighted by Crippen LogP contribution is -2.38. The molecule has 1 aromatic rings. The molecule has 26 heavy (non-hydrogen) atoms. The van der Waals surface area contributed by atoms with Crippen molar-refractivity contribution < 1.29 is 14.4 Å². The molecular weight excluding hydrogens is 368 g/mol. The summed E-state index contributed by atoms with van der Waals surface area (Å²) in [4.78, 5) is 38.6. The molecule has 4 rings (SSSR count). The molecule has 7 heteroatoms. The average molecular weight is 391 g/mol. The zero-order valence-corrected chi connectivity index (χ0v) is 16.1. The van der Waals surface area contributed by atoms with Crippen LogP contribution in [0.25, 0.3) is 0 Å². The number of likely N-dealkylation sites (tertiary alicyclic amines) is 1. The molecule has 2 atom stereocenters. The number of carbonyl (C=O) groups is 3. The van der Waals surface area contributed by atoms with Crippen molar-refractivity contribution in [2.24, 2.45) is 11.8 Å². The maximum atomic E-state index is 12.5. The lowest BCUT2D eigenvalue weighted by atomic mass is 9.81. The van der Waals surface area contributed by atoms with Crippen LogP contribution in [0.3, 0.4) is 0 Å². The van der Waals surface area contributed by atoms with E-state index in [9.17, 15) is 14.4 Å². The summed E-state index contributed by atoms with van der Waals surface area (Å²) in [6.07, 6.45) is 3.52. The fourth-order valence-electron chi connectivity index (χ4n) is 4.04. The molecule has 1 saturated carbocycles. The van der Waals surface area contributed by atoms with Crippen LogP contribution in [0, 0.1) is 11.8 Å².